The van der Waals surface area contributed by atoms with Crippen molar-refractivity contribution in [2.75, 3.05) is 20.7 Å². The third kappa shape index (κ3) is 8.68. The second-order valence-electron chi connectivity index (χ2n) is 18.9. The van der Waals surface area contributed by atoms with Crippen LogP contribution in [0.3, 0.4) is 0 Å². The summed E-state index contributed by atoms with van der Waals surface area (Å²) in [7, 11) is 3.40. The maximum absolute atomic E-state index is 15.0. The van der Waals surface area contributed by atoms with Gasteiger partial charge in [0, 0.05) is 42.1 Å². The molecule has 13 nitrogen and oxygen atoms in total. The van der Waals surface area contributed by atoms with E-state index in [4.69, 9.17) is 39.7 Å². The highest BCUT2D eigenvalue weighted by Crippen LogP contribution is 2.54. The summed E-state index contributed by atoms with van der Waals surface area (Å²) in [6.07, 6.45) is -1.80. The number of likely N-dealkylation sites (N-methyl/N-ethyl adjacent to an activating group) is 1. The zero-order valence-corrected chi connectivity index (χ0v) is 39.3. The molecule has 7 rings (SSSR count). The van der Waals surface area contributed by atoms with Gasteiger partial charge in [0.25, 0.3) is 0 Å². The van der Waals surface area contributed by atoms with Gasteiger partial charge < -0.3 is 38.1 Å². The molecular formula is C50H65ClN2O11. The van der Waals surface area contributed by atoms with Crippen LogP contribution in [0.4, 0.5) is 4.79 Å². The summed E-state index contributed by atoms with van der Waals surface area (Å²) in [6.45, 7) is 12.9. The summed E-state index contributed by atoms with van der Waals surface area (Å²) >= 11 is 6.24. The molecule has 4 aliphatic heterocycles. The number of aryl methyl sites for hydroxylation is 1. The van der Waals surface area contributed by atoms with E-state index in [-0.39, 0.29) is 25.0 Å². The first-order valence-corrected chi connectivity index (χ1v) is 23.2. The molecule has 3 aromatic rings. The van der Waals surface area contributed by atoms with Crippen molar-refractivity contribution in [2.45, 2.75) is 147 Å². The molecule has 348 valence electrons. The van der Waals surface area contributed by atoms with Gasteiger partial charge in [-0.2, -0.15) is 0 Å². The Morgan fingerprint density at radius 3 is 2.38 bits per heavy atom. The number of unbranched alkanes of at least 4 members (excludes halogenated alkanes) is 1. The fraction of sp³-hybridized carbons (Fsp3) is 0.600. The van der Waals surface area contributed by atoms with E-state index in [0.29, 0.717) is 36.1 Å². The lowest BCUT2D eigenvalue weighted by atomic mass is 9.64. The van der Waals surface area contributed by atoms with Gasteiger partial charge in [-0.3, -0.25) is 19.3 Å². The van der Waals surface area contributed by atoms with Crippen molar-refractivity contribution in [3.63, 3.8) is 0 Å². The molecule has 0 radical (unpaired) electrons. The quantitative estimate of drug-likeness (QED) is 0.113. The van der Waals surface area contributed by atoms with E-state index < -0.39 is 95.0 Å². The fourth-order valence-electron chi connectivity index (χ4n) is 11.3. The largest absolute Gasteiger partial charge is 0.460 e. The number of aliphatic hydroxyl groups is 1. The van der Waals surface area contributed by atoms with Crippen molar-refractivity contribution < 1.29 is 52.4 Å². The average molecular weight is 906 g/mol. The van der Waals surface area contributed by atoms with Crippen molar-refractivity contribution >= 4 is 35.2 Å². The zero-order chi connectivity index (χ0) is 46.3. The minimum absolute atomic E-state index is 0.0947. The van der Waals surface area contributed by atoms with Crippen molar-refractivity contribution in [1.82, 2.24) is 9.80 Å². The summed E-state index contributed by atoms with van der Waals surface area (Å²) in [4.78, 5) is 61.6. The number of hydrogen-bond donors (Lipinski definition) is 1. The van der Waals surface area contributed by atoms with Gasteiger partial charge in [-0.05, 0) is 96.2 Å². The third-order valence-corrected chi connectivity index (χ3v) is 15.1. The van der Waals surface area contributed by atoms with Gasteiger partial charge in [0.1, 0.15) is 41.0 Å². The van der Waals surface area contributed by atoms with Gasteiger partial charge in [0.05, 0.1) is 30.2 Å². The minimum atomic E-state index is -1.57. The molecule has 2 aromatic carbocycles. The molecule has 1 aromatic heterocycles. The fourth-order valence-corrected chi connectivity index (χ4v) is 11.5. The Morgan fingerprint density at radius 2 is 1.69 bits per heavy atom. The molecule has 0 aliphatic carbocycles. The van der Waals surface area contributed by atoms with Crippen LogP contribution in [0.25, 0.3) is 11.3 Å². The van der Waals surface area contributed by atoms with Gasteiger partial charge in [0.15, 0.2) is 17.7 Å². The molecule has 2 bridgehead atoms. The maximum atomic E-state index is 15.0. The van der Waals surface area contributed by atoms with E-state index >= 15 is 0 Å². The number of aliphatic hydroxyl groups excluding tert-OH is 1. The molecule has 2 unspecified atom stereocenters. The lowest BCUT2D eigenvalue weighted by molar-refractivity contribution is -0.229. The number of furan rings is 1. The number of amides is 1. The van der Waals surface area contributed by atoms with Gasteiger partial charge in [0.2, 0.25) is 0 Å². The Bertz CT molecular complexity index is 2170. The number of halogens is 1. The molecule has 4 aliphatic rings. The number of esters is 1. The van der Waals surface area contributed by atoms with Crippen LogP contribution in [-0.4, -0.2) is 113 Å². The zero-order valence-electron chi connectivity index (χ0n) is 38.6. The van der Waals surface area contributed by atoms with Gasteiger partial charge in [-0.1, -0.05) is 81.8 Å². The Kier molecular flexibility index (Phi) is 14.2. The lowest BCUT2D eigenvalue weighted by Gasteiger charge is -2.51. The number of ketones is 2. The second-order valence-corrected chi connectivity index (χ2v) is 19.4. The number of rotatable bonds is 11. The minimum Gasteiger partial charge on any atom is -0.460 e. The predicted octanol–water partition coefficient (Wildman–Crippen LogP) is 8.06. The number of benzene rings is 2. The van der Waals surface area contributed by atoms with Crippen LogP contribution in [0.15, 0.2) is 71.1 Å². The van der Waals surface area contributed by atoms with E-state index in [1.54, 1.807) is 24.8 Å². The summed E-state index contributed by atoms with van der Waals surface area (Å²) in [5, 5.41) is 12.5. The highest BCUT2D eigenvalue weighted by atomic mass is 35.5. The smallest absolute Gasteiger partial charge is 0.410 e. The first-order valence-electron chi connectivity index (χ1n) is 22.8. The monoisotopic (exact) mass is 904 g/mol. The number of ether oxygens (including phenoxy) is 5. The highest BCUT2D eigenvalue weighted by molar-refractivity contribution is 6.30. The van der Waals surface area contributed by atoms with Crippen molar-refractivity contribution in [3.8, 4) is 11.3 Å². The molecule has 1 N–H and O–H groups in total. The third-order valence-electron chi connectivity index (χ3n) is 14.9. The van der Waals surface area contributed by atoms with E-state index in [2.05, 4.69) is 12.1 Å². The van der Waals surface area contributed by atoms with Crippen LogP contribution < -0.4 is 0 Å². The van der Waals surface area contributed by atoms with Gasteiger partial charge in [-0.25, -0.2) is 4.79 Å². The summed E-state index contributed by atoms with van der Waals surface area (Å²) in [5.41, 5.74) is -2.32. The topological polar surface area (TPSA) is 154 Å². The summed E-state index contributed by atoms with van der Waals surface area (Å²) in [5.74, 6) is -3.84. The molecule has 1 amide bonds. The van der Waals surface area contributed by atoms with Crippen molar-refractivity contribution in [2.24, 2.45) is 23.7 Å². The number of fused-ring (bicyclic) bond motifs is 4. The number of cyclic esters (lactones) is 1. The average Bonchev–Trinajstić information content (AvgIpc) is 3.96. The second kappa shape index (κ2) is 19.0. The SMILES string of the molecule is CCC1OC(=O)[C@H](C)C(=O)[C@H](C)[C@@]2(O[C@@H]3OC2C[C@H](N(C)Cc2ccc(-c4cccc(Cl)c4)o2)[C@H]3O)[C@](C)(OC)C[C@@H](C)C(=O)[C@H](C)[C@H]2N(CCCCc3ccccc3)C(=O)O[C@]12C. The Morgan fingerprint density at radius 1 is 0.953 bits per heavy atom. The van der Waals surface area contributed by atoms with Crippen LogP contribution >= 0.6 is 11.6 Å². The van der Waals surface area contributed by atoms with E-state index in [9.17, 15) is 24.3 Å². The van der Waals surface area contributed by atoms with Gasteiger partial charge in [-0.15, -0.1) is 0 Å². The molecule has 5 heterocycles. The highest BCUT2D eigenvalue weighted by Gasteiger charge is 2.70. The number of methoxy groups -OCH3 is 1. The number of nitrogens with zero attached hydrogens (tertiary/aromatic N) is 2. The summed E-state index contributed by atoms with van der Waals surface area (Å²) in [6, 6.07) is 20.0. The number of Topliss-reactive ketones (excluding diaryl/α,β-unsaturated/α-hetero) is 2. The normalized spacial score (nSPS) is 36.0. The molecule has 0 saturated carbocycles. The van der Waals surface area contributed by atoms with Crippen LogP contribution in [0, 0.1) is 23.7 Å². The van der Waals surface area contributed by atoms with Crippen LogP contribution in [0.5, 0.6) is 0 Å². The lowest BCUT2D eigenvalue weighted by Crippen LogP contribution is -2.66. The number of carbonyl (C=O) groups is 4. The Balaban J connectivity index is 1.19. The molecular weight excluding hydrogens is 840 g/mol. The summed E-state index contributed by atoms with van der Waals surface area (Å²) < 4.78 is 38.5. The van der Waals surface area contributed by atoms with E-state index in [0.717, 1.165) is 18.4 Å². The predicted molar refractivity (Wildman–Crippen MR) is 239 cm³/mol. The van der Waals surface area contributed by atoms with Crippen LogP contribution in [0.1, 0.15) is 91.9 Å². The van der Waals surface area contributed by atoms with Crippen molar-refractivity contribution in [1.29, 1.82) is 0 Å². The molecule has 13 atom stereocenters. The first kappa shape index (κ1) is 47.8. The van der Waals surface area contributed by atoms with E-state index in [1.165, 1.54) is 19.6 Å². The van der Waals surface area contributed by atoms with E-state index in [1.807, 2.05) is 88.2 Å². The Labute approximate surface area is 382 Å². The molecule has 64 heavy (non-hydrogen) atoms. The maximum Gasteiger partial charge on any atom is 0.410 e. The first-order chi connectivity index (χ1) is 30.4. The molecule has 14 heteroatoms. The van der Waals surface area contributed by atoms with Crippen LogP contribution in [0.2, 0.25) is 5.02 Å². The standard InChI is InChI=1S/C50H65ClN2O11/c1-10-39-49(7)44(53(47(58)64-49)24-15-14-19-33-17-12-11-13-18-33)30(3)41(54)29(2)27-48(6,59-9)50(32(5)42(55)31(4)45(57)61-39)40-26-37(43(56)46(62-40)63-50)52(8)28-36-22-23-38(60-36)34-20-16-21-35(51)25-34/h11-13,16-18,20-23,25,29-32,37,39-40,43-44,46,56H,10,14-15,19,24,26-28H2,1-9H3/t29-,30+,31-,32+,37+,39?,40?,43-,44-,46+,48-,49-,50+/m1/s1. The van der Waals surface area contributed by atoms with Crippen LogP contribution in [-0.2, 0) is 51.0 Å². The van der Waals surface area contributed by atoms with Gasteiger partial charge >= 0.3 is 12.1 Å². The molecule has 1 spiro atoms. The Hall–Kier alpha value is -4.11. The molecule has 4 saturated heterocycles. The number of carbonyl (C=O) groups excluding carboxylic acids is 4. The van der Waals surface area contributed by atoms with Crippen molar-refractivity contribution in [3.05, 3.63) is 83.1 Å². The number of hydrogen-bond acceptors (Lipinski definition) is 12. The molecule has 4 fully saturated rings.